The molecule has 0 radical (unpaired) electrons. The van der Waals surface area contributed by atoms with Crippen LogP contribution in [-0.4, -0.2) is 276 Å². The number of carbonyl (C=O) groups is 3. The summed E-state index contributed by atoms with van der Waals surface area (Å²) in [5, 5.41) is 5.41. The highest BCUT2D eigenvalue weighted by atomic mass is 35.6. The number of hydrogen-bond acceptors (Lipinski definition) is 29. The number of ether oxygens (including phenoxy) is 10. The van der Waals surface area contributed by atoms with Crippen LogP contribution < -0.4 is 44.9 Å². The first-order chi connectivity index (χ1) is 54.5. The second-order valence-corrected chi connectivity index (χ2v) is 41.8. The number of amides is 2. The van der Waals surface area contributed by atoms with Gasteiger partial charge in [0, 0.05) is 111 Å². The van der Waals surface area contributed by atoms with E-state index in [0.717, 1.165) is 178 Å². The van der Waals surface area contributed by atoms with Crippen LogP contribution in [0.3, 0.4) is 0 Å². The summed E-state index contributed by atoms with van der Waals surface area (Å²) in [6.45, 7) is 29.6. The van der Waals surface area contributed by atoms with E-state index in [1.807, 2.05) is 25.7 Å². The molecule has 642 valence electrons. The van der Waals surface area contributed by atoms with Gasteiger partial charge in [-0.15, -0.1) is 0 Å². The van der Waals surface area contributed by atoms with Crippen molar-refractivity contribution in [3.8, 4) is 0 Å². The second kappa shape index (κ2) is 46.1. The lowest BCUT2D eigenvalue weighted by Crippen LogP contribution is -2.43. The van der Waals surface area contributed by atoms with Crippen LogP contribution in [-0.2, 0) is 51.8 Å². The first-order valence-corrected chi connectivity index (χ1v) is 46.2. The van der Waals surface area contributed by atoms with Gasteiger partial charge in [-0.2, -0.15) is 19.9 Å². The van der Waals surface area contributed by atoms with Gasteiger partial charge >= 0.3 is 18.3 Å². The fourth-order valence-corrected chi connectivity index (χ4v) is 14.9. The van der Waals surface area contributed by atoms with Crippen molar-refractivity contribution in [1.29, 1.82) is 0 Å². The van der Waals surface area contributed by atoms with Crippen molar-refractivity contribution in [3.63, 3.8) is 0 Å². The third-order valence-corrected chi connectivity index (χ3v) is 25.8. The number of nitrogens with one attached hydrogen (secondary N) is 2. The number of alkyl carbamates (subject to hydrolysis) is 2. The number of hydrogen-bond donors (Lipinski definition) is 2. The molecule has 0 aromatic carbocycles. The summed E-state index contributed by atoms with van der Waals surface area (Å²) in [5.74, 6) is 4.55. The monoisotopic (exact) mass is 1760 g/mol. The Morgan fingerprint density at radius 2 is 0.789 bits per heavy atom. The van der Waals surface area contributed by atoms with Crippen LogP contribution in [0.25, 0.3) is 22.1 Å². The van der Waals surface area contributed by atoms with Crippen molar-refractivity contribution in [2.24, 2.45) is 0 Å². The smallest absolute Gasteiger partial charge is 0.445 e. The molecule has 6 aliphatic heterocycles. The summed E-state index contributed by atoms with van der Waals surface area (Å²) in [6, 6.07) is 0. The lowest BCUT2D eigenvalue weighted by molar-refractivity contribution is -0.160. The van der Waals surface area contributed by atoms with Crippen molar-refractivity contribution in [1.82, 2.24) is 50.5 Å². The number of fused-ring (bicyclic) bond motifs is 2. The number of halogens is 7. The highest BCUT2D eigenvalue weighted by molar-refractivity contribution is 6.74. The van der Waals surface area contributed by atoms with Gasteiger partial charge in [-0.25, -0.2) is 34.3 Å². The Hall–Kier alpha value is -4.78. The Balaban J connectivity index is 0.000000277. The van der Waals surface area contributed by atoms with Crippen molar-refractivity contribution >= 4 is 171 Å². The molecule has 2 N–H and O–H groups in total. The first kappa shape index (κ1) is 93.1. The maximum Gasteiger partial charge on any atom is 0.508 e. The van der Waals surface area contributed by atoms with Gasteiger partial charge in [0.05, 0.1) is 52.8 Å². The van der Waals surface area contributed by atoms with Gasteiger partial charge in [0.25, 0.3) is 0 Å². The number of alkyl halides is 6. The molecule has 6 aliphatic rings. The first-order valence-electron chi connectivity index (χ1n) is 40.6. The molecule has 0 aliphatic carbocycles. The molecule has 0 bridgehead atoms. The van der Waals surface area contributed by atoms with Crippen molar-refractivity contribution in [3.05, 3.63) is 5.28 Å². The van der Waals surface area contributed by atoms with Gasteiger partial charge in [0.2, 0.25) is 30.7 Å². The third-order valence-electron chi connectivity index (χ3n) is 20.4. The molecule has 2 amide bonds. The number of carbonyl (C=O) groups excluding carboxylic acids is 3. The van der Waals surface area contributed by atoms with E-state index >= 15 is 0 Å². The van der Waals surface area contributed by atoms with Crippen molar-refractivity contribution < 1.29 is 66.2 Å². The molecular weight excluding hydrogens is 1640 g/mol. The van der Waals surface area contributed by atoms with Crippen LogP contribution in [0, 0.1) is 0 Å². The van der Waals surface area contributed by atoms with Gasteiger partial charge < -0.3 is 96.7 Å². The number of aromatic nitrogens is 8. The lowest BCUT2D eigenvalue weighted by atomic mass is 10.1. The minimum Gasteiger partial charge on any atom is -0.445 e. The topological polar surface area (TPSA) is 303 Å². The average Bonchev–Trinajstić information content (AvgIpc) is 0.786. The summed E-state index contributed by atoms with van der Waals surface area (Å²) in [5.41, 5.74) is 2.01. The van der Waals surface area contributed by atoms with E-state index in [1.54, 1.807) is 0 Å². The summed E-state index contributed by atoms with van der Waals surface area (Å²) >= 11 is 40.6. The Bertz CT molecular complexity index is 3600. The van der Waals surface area contributed by atoms with Gasteiger partial charge in [-0.1, -0.05) is 90.4 Å². The maximum absolute atomic E-state index is 12.7. The Labute approximate surface area is 707 Å². The molecule has 4 aromatic rings. The number of piperidine rings is 4. The molecule has 2 atom stereocenters. The van der Waals surface area contributed by atoms with Crippen molar-refractivity contribution in [2.75, 3.05) is 218 Å². The summed E-state index contributed by atoms with van der Waals surface area (Å²) < 4.78 is 60.2. The molecule has 10 rings (SSSR count). The lowest BCUT2D eigenvalue weighted by Gasteiger charge is -2.37. The maximum atomic E-state index is 12.7. The van der Waals surface area contributed by atoms with E-state index in [-0.39, 0.29) is 69.0 Å². The number of nitrogens with zero attached hydrogens (tertiary/aromatic N) is 15. The number of anilines is 7. The average molecular weight is 1760 g/mol. The quantitative estimate of drug-likeness (QED) is 0.0107. The van der Waals surface area contributed by atoms with Crippen molar-refractivity contribution in [2.45, 2.75) is 201 Å². The zero-order valence-electron chi connectivity index (χ0n) is 67.8. The van der Waals surface area contributed by atoms with E-state index in [1.165, 1.54) is 12.8 Å². The van der Waals surface area contributed by atoms with Crippen LogP contribution in [0.4, 0.5) is 55.5 Å². The summed E-state index contributed by atoms with van der Waals surface area (Å²) in [6.07, 6.45) is 16.4. The van der Waals surface area contributed by atoms with E-state index < -0.39 is 39.8 Å². The van der Waals surface area contributed by atoms with Crippen LogP contribution in [0.1, 0.15) is 157 Å². The summed E-state index contributed by atoms with van der Waals surface area (Å²) in [4.78, 5) is 93.0. The molecule has 2 unspecified atom stereocenters. The number of rotatable bonds is 36. The fourth-order valence-electron chi connectivity index (χ4n) is 13.4. The molecule has 10 heterocycles. The Kier molecular flexibility index (Phi) is 37.7. The van der Waals surface area contributed by atoms with E-state index in [4.69, 9.17) is 168 Å². The summed E-state index contributed by atoms with van der Waals surface area (Å²) in [7, 11) is -2.10. The zero-order chi connectivity index (χ0) is 81.7. The second-order valence-electron chi connectivity index (χ2n) is 31.6. The minimum atomic E-state index is -2.10. The van der Waals surface area contributed by atoms with Crippen LogP contribution in [0.2, 0.25) is 23.4 Å². The molecule has 6 fully saturated rings. The predicted molar refractivity (Wildman–Crippen MR) is 452 cm³/mol. The van der Waals surface area contributed by atoms with Crippen LogP contribution in [0.5, 0.6) is 0 Å². The molecule has 31 nitrogen and oxygen atoms in total. The molecular formula is C75H120Cl7N17O14Si. The molecule has 0 spiro atoms. The van der Waals surface area contributed by atoms with Crippen LogP contribution in [0.15, 0.2) is 0 Å². The molecule has 114 heavy (non-hydrogen) atoms. The van der Waals surface area contributed by atoms with Crippen LogP contribution >= 0.6 is 81.2 Å². The SMILES string of the molecule is CC(C)(C)OC(=O)OCCN(CCO[Si](C)(C)C(C)(C)C)c1nc(N2CCCCC2)c2nc(N(CCOCCNC(=O)OCC(Cl)(Cl)Cl)CCOC3CCCCO3)nc(N3CCCCC3)c2n1.O=C(NCCOCCN(CCOC1CCCCO1)c1nc(N2CCCCC2)c2nc(Cl)nc(N3CCCCC3)c2n1)OCC(Cl)(Cl)Cl. The van der Waals surface area contributed by atoms with Gasteiger partial charge in [-0.3, -0.25) is 0 Å². The normalized spacial score (nSPS) is 18.3. The molecule has 39 heteroatoms. The largest absolute Gasteiger partial charge is 0.508 e. The van der Waals surface area contributed by atoms with E-state index in [2.05, 4.69) is 78.9 Å². The van der Waals surface area contributed by atoms with Gasteiger partial charge in [0.15, 0.2) is 44.2 Å². The van der Waals surface area contributed by atoms with Gasteiger partial charge in [0.1, 0.15) is 47.5 Å². The fraction of sp³-hybridized carbons (Fsp3) is 0.800. The Morgan fingerprint density at radius 3 is 1.14 bits per heavy atom. The standard InChI is InChI=1S/C45H76Cl3N9O9Si.C30H44Cl4N8O5/c1-43(2,3)66-42(59)63-31-25-57(26-32-65-67(7,8)44(4,5)6)40-51-36-35(38(53-40)55-21-14-10-15-22-55)50-39(52-37(36)54-19-12-9-13-20-54)56(24-30-62-34-17-11-16-27-61-34)23-29-60-28-18-49-41(58)64-33-45(46,47)48;31-27-36-23-24(25(38-27)40-11-4-1-5-12-40)37-28(39-26(23)41-13-6-2-7-14-41)42(16-20-46-22-9-3-8-17-45-22)15-19-44-18-10-35-29(43)47-21-30(32,33)34/h34H,9-33H2,1-8H3,(H,49,58);22H,1-21H2,(H,35,43). The highest BCUT2D eigenvalue weighted by Crippen LogP contribution is 2.40. The molecule has 0 saturated carbocycles. The third kappa shape index (κ3) is 31.4. The Morgan fingerprint density at radius 1 is 0.439 bits per heavy atom. The molecule has 6 saturated heterocycles. The predicted octanol–water partition coefficient (Wildman–Crippen LogP) is 14.2. The highest BCUT2D eigenvalue weighted by Gasteiger charge is 2.38. The minimum absolute atomic E-state index is 0.0223. The van der Waals surface area contributed by atoms with Gasteiger partial charge in [-0.05, 0) is 166 Å². The zero-order valence-corrected chi connectivity index (χ0v) is 74.0. The van der Waals surface area contributed by atoms with E-state index in [9.17, 15) is 14.4 Å². The van der Waals surface area contributed by atoms with E-state index in [0.29, 0.717) is 125 Å². The molecule has 4 aromatic heterocycles.